The van der Waals surface area contributed by atoms with Crippen LogP contribution in [-0.4, -0.2) is 44.4 Å². The lowest BCUT2D eigenvalue weighted by Crippen LogP contribution is -2.45. The van der Waals surface area contributed by atoms with Crippen LogP contribution in [0.25, 0.3) is 10.7 Å². The summed E-state index contributed by atoms with van der Waals surface area (Å²) >= 11 is 0.778. The van der Waals surface area contributed by atoms with Gasteiger partial charge in [-0.3, -0.25) is 0 Å². The zero-order valence-corrected chi connectivity index (χ0v) is 13.4. The van der Waals surface area contributed by atoms with Gasteiger partial charge in [0.1, 0.15) is 11.4 Å². The van der Waals surface area contributed by atoms with E-state index in [2.05, 4.69) is 15.2 Å². The van der Waals surface area contributed by atoms with Gasteiger partial charge in [-0.25, -0.2) is 14.2 Å². The smallest absolute Gasteiger partial charge is 0.433 e. The molecule has 1 amide bonds. The van der Waals surface area contributed by atoms with Gasteiger partial charge in [0.15, 0.2) is 15.7 Å². The zero-order valence-electron chi connectivity index (χ0n) is 12.6. The third-order valence-electron chi connectivity index (χ3n) is 3.78. The van der Waals surface area contributed by atoms with Crippen molar-refractivity contribution in [2.45, 2.75) is 24.7 Å². The average Bonchev–Trinajstić information content (AvgIpc) is 3.05. The molecule has 1 N–H and O–H groups in total. The first-order valence-corrected chi connectivity index (χ1v) is 8.06. The van der Waals surface area contributed by atoms with Gasteiger partial charge >= 0.3 is 12.3 Å². The summed E-state index contributed by atoms with van der Waals surface area (Å²) < 4.78 is 53.3. The number of likely N-dealkylation sites (tertiary alicyclic amines) is 1. The van der Waals surface area contributed by atoms with E-state index in [1.165, 1.54) is 12.1 Å². The summed E-state index contributed by atoms with van der Waals surface area (Å²) in [6, 6.07) is 3.34. The highest BCUT2D eigenvalue weighted by molar-refractivity contribution is 7.14. The number of carbonyl (C=O) groups is 1. The molecule has 3 heterocycles. The number of alkyl halides is 4. The number of carboxylic acid groups (broad SMARTS) is 1. The Bertz CT molecular complexity index is 797. The van der Waals surface area contributed by atoms with Crippen LogP contribution < -0.4 is 0 Å². The first-order chi connectivity index (χ1) is 11.7. The minimum atomic E-state index is -4.60. The highest BCUT2D eigenvalue weighted by atomic mass is 32.1. The number of hydrogen-bond acceptors (Lipinski definition) is 5. The van der Waals surface area contributed by atoms with Gasteiger partial charge in [0.2, 0.25) is 0 Å². The maximum absolute atomic E-state index is 15.1. The SMILES string of the molecule is O=C(O)N1CCCC(F)(c2nnc(-c3cccc(C(F)(F)F)n3)s2)C1. The average molecular weight is 376 g/mol. The molecule has 0 bridgehead atoms. The Morgan fingerprint density at radius 2 is 2.08 bits per heavy atom. The third kappa shape index (κ3) is 3.55. The molecule has 6 nitrogen and oxygen atoms in total. The van der Waals surface area contributed by atoms with Crippen molar-refractivity contribution in [2.75, 3.05) is 13.1 Å². The molecule has 2 aromatic rings. The lowest BCUT2D eigenvalue weighted by molar-refractivity contribution is -0.141. The van der Waals surface area contributed by atoms with Crippen molar-refractivity contribution in [3.63, 3.8) is 0 Å². The van der Waals surface area contributed by atoms with Crippen LogP contribution in [-0.2, 0) is 11.8 Å². The Hall–Kier alpha value is -2.30. The third-order valence-corrected chi connectivity index (χ3v) is 4.90. The van der Waals surface area contributed by atoms with Crippen LogP contribution >= 0.6 is 11.3 Å². The molecule has 1 unspecified atom stereocenters. The predicted octanol–water partition coefficient (Wildman–Crippen LogP) is 3.56. The maximum atomic E-state index is 15.1. The summed E-state index contributed by atoms with van der Waals surface area (Å²) in [5.74, 6) is 0. The second-order valence-corrected chi connectivity index (χ2v) is 6.57. The fourth-order valence-corrected chi connectivity index (χ4v) is 3.48. The summed E-state index contributed by atoms with van der Waals surface area (Å²) in [4.78, 5) is 15.5. The fraction of sp³-hybridized carbons (Fsp3) is 0.429. The van der Waals surface area contributed by atoms with E-state index in [-0.39, 0.29) is 35.2 Å². The second-order valence-electron chi connectivity index (χ2n) is 5.59. The number of pyridine rings is 1. The Kier molecular flexibility index (Phi) is 4.35. The molecule has 0 aliphatic carbocycles. The lowest BCUT2D eigenvalue weighted by atomic mass is 9.96. The number of rotatable bonds is 2. The highest BCUT2D eigenvalue weighted by Crippen LogP contribution is 2.39. The summed E-state index contributed by atoms with van der Waals surface area (Å²) in [5.41, 5.74) is -3.15. The molecule has 0 radical (unpaired) electrons. The molecule has 0 aromatic carbocycles. The topological polar surface area (TPSA) is 79.2 Å². The van der Waals surface area contributed by atoms with Crippen molar-refractivity contribution < 1.29 is 27.5 Å². The molecule has 11 heteroatoms. The lowest BCUT2D eigenvalue weighted by Gasteiger charge is -2.34. The standard InChI is InChI=1S/C14H12F4N4O2S/c15-13(5-2-6-22(7-13)12(23)24)11-21-20-10(25-11)8-3-1-4-9(19-8)14(16,17)18/h1,3-4H,2,5-7H2,(H,23,24). The zero-order chi connectivity index (χ0) is 18.2. The number of aromatic nitrogens is 3. The van der Waals surface area contributed by atoms with Crippen LogP contribution in [0.2, 0.25) is 0 Å². The number of hydrogen-bond donors (Lipinski definition) is 1. The Balaban J connectivity index is 1.89. The Labute approximate surface area is 143 Å². The van der Waals surface area contributed by atoms with E-state index in [9.17, 15) is 18.0 Å². The van der Waals surface area contributed by atoms with Gasteiger partial charge in [-0.05, 0) is 25.0 Å². The summed E-state index contributed by atoms with van der Waals surface area (Å²) in [6.45, 7) is -0.158. The molecular formula is C14H12F4N4O2S. The molecule has 1 fully saturated rings. The fourth-order valence-electron chi connectivity index (χ4n) is 2.57. The van der Waals surface area contributed by atoms with Crippen molar-refractivity contribution >= 4 is 17.4 Å². The molecule has 2 aromatic heterocycles. The number of amides is 1. The molecule has 0 saturated carbocycles. The van der Waals surface area contributed by atoms with E-state index in [0.717, 1.165) is 22.3 Å². The van der Waals surface area contributed by atoms with E-state index in [1.807, 2.05) is 0 Å². The molecular weight excluding hydrogens is 364 g/mol. The number of piperidine rings is 1. The van der Waals surface area contributed by atoms with Gasteiger partial charge in [-0.2, -0.15) is 13.2 Å². The summed E-state index contributed by atoms with van der Waals surface area (Å²) in [7, 11) is 0. The van der Waals surface area contributed by atoms with Crippen LogP contribution in [0.3, 0.4) is 0 Å². The quantitative estimate of drug-likeness (QED) is 0.811. The van der Waals surface area contributed by atoms with Crippen LogP contribution in [0, 0.1) is 0 Å². The molecule has 3 rings (SSSR count). The predicted molar refractivity (Wildman–Crippen MR) is 79.8 cm³/mol. The molecule has 1 atom stereocenters. The normalized spacial score (nSPS) is 21.4. The van der Waals surface area contributed by atoms with E-state index in [4.69, 9.17) is 5.11 Å². The van der Waals surface area contributed by atoms with Gasteiger partial charge < -0.3 is 10.0 Å². The minimum Gasteiger partial charge on any atom is -0.465 e. The molecule has 1 aliphatic rings. The van der Waals surface area contributed by atoms with Gasteiger partial charge in [0.05, 0.1) is 6.54 Å². The maximum Gasteiger partial charge on any atom is 0.433 e. The number of nitrogens with zero attached hydrogens (tertiary/aromatic N) is 4. The van der Waals surface area contributed by atoms with E-state index in [0.29, 0.717) is 6.42 Å². The molecule has 0 spiro atoms. The number of halogens is 4. The largest absolute Gasteiger partial charge is 0.465 e. The molecule has 134 valence electrons. The summed E-state index contributed by atoms with van der Waals surface area (Å²) in [6.07, 6.45) is -5.44. The van der Waals surface area contributed by atoms with Crippen molar-refractivity contribution in [1.82, 2.24) is 20.1 Å². The van der Waals surface area contributed by atoms with Crippen LogP contribution in [0.15, 0.2) is 18.2 Å². The minimum absolute atomic E-state index is 0.0468. The van der Waals surface area contributed by atoms with Gasteiger partial charge in [0, 0.05) is 6.54 Å². The van der Waals surface area contributed by atoms with Crippen molar-refractivity contribution in [2.24, 2.45) is 0 Å². The van der Waals surface area contributed by atoms with Gasteiger partial charge in [0.25, 0.3) is 0 Å². The first kappa shape index (κ1) is 17.5. The van der Waals surface area contributed by atoms with Crippen LogP contribution in [0.1, 0.15) is 23.5 Å². The van der Waals surface area contributed by atoms with Crippen molar-refractivity contribution in [3.05, 3.63) is 28.9 Å². The Morgan fingerprint density at radius 3 is 2.76 bits per heavy atom. The van der Waals surface area contributed by atoms with Crippen LogP contribution in [0.5, 0.6) is 0 Å². The van der Waals surface area contributed by atoms with Crippen molar-refractivity contribution in [3.8, 4) is 10.7 Å². The van der Waals surface area contributed by atoms with E-state index in [1.54, 1.807) is 0 Å². The van der Waals surface area contributed by atoms with Crippen molar-refractivity contribution in [1.29, 1.82) is 0 Å². The first-order valence-electron chi connectivity index (χ1n) is 7.24. The van der Waals surface area contributed by atoms with E-state index < -0.39 is 23.6 Å². The van der Waals surface area contributed by atoms with Crippen LogP contribution in [0.4, 0.5) is 22.4 Å². The molecule has 1 saturated heterocycles. The molecule has 25 heavy (non-hydrogen) atoms. The molecule has 1 aliphatic heterocycles. The Morgan fingerprint density at radius 1 is 1.32 bits per heavy atom. The summed E-state index contributed by atoms with van der Waals surface area (Å²) in [5, 5.41) is 16.5. The second kappa shape index (κ2) is 6.21. The van der Waals surface area contributed by atoms with Gasteiger partial charge in [-0.15, -0.1) is 10.2 Å². The van der Waals surface area contributed by atoms with E-state index >= 15 is 4.39 Å². The van der Waals surface area contributed by atoms with Gasteiger partial charge in [-0.1, -0.05) is 17.4 Å². The monoisotopic (exact) mass is 376 g/mol. The highest BCUT2D eigenvalue weighted by Gasteiger charge is 2.42.